The second-order valence-corrected chi connectivity index (χ2v) is 6.96. The fourth-order valence-corrected chi connectivity index (χ4v) is 2.22. The summed E-state index contributed by atoms with van der Waals surface area (Å²) in [4.78, 5) is 16.5. The molecule has 0 unspecified atom stereocenters. The number of aliphatic imine (C=N–C) groups is 1. The Morgan fingerprint density at radius 1 is 1.17 bits per heavy atom. The van der Waals surface area contributed by atoms with Crippen molar-refractivity contribution in [1.29, 1.82) is 0 Å². The van der Waals surface area contributed by atoms with Gasteiger partial charge in [0, 0.05) is 31.2 Å². The average molecular weight is 332 g/mol. The lowest BCUT2D eigenvalue weighted by Crippen LogP contribution is -2.40. The molecule has 0 spiro atoms. The predicted octanol–water partition coefficient (Wildman–Crippen LogP) is 3.07. The maximum atomic E-state index is 12.2. The smallest absolute Gasteiger partial charge is 0.251 e. The molecule has 0 saturated heterocycles. The maximum absolute atomic E-state index is 12.2. The van der Waals surface area contributed by atoms with Crippen LogP contribution in [0.1, 0.15) is 62.9 Å². The molecule has 0 aliphatic carbocycles. The SMILES string of the molecule is CCCCCNC(=NC)NCc1cccc(C(=O)NC(C)(C)C)c1. The van der Waals surface area contributed by atoms with Crippen molar-refractivity contribution < 1.29 is 4.79 Å². The van der Waals surface area contributed by atoms with E-state index in [2.05, 4.69) is 27.9 Å². The lowest BCUT2D eigenvalue weighted by atomic mass is 10.1. The fraction of sp³-hybridized carbons (Fsp3) is 0.579. The first-order valence-corrected chi connectivity index (χ1v) is 8.71. The van der Waals surface area contributed by atoms with Gasteiger partial charge in [0.2, 0.25) is 0 Å². The van der Waals surface area contributed by atoms with Gasteiger partial charge in [0.25, 0.3) is 5.91 Å². The van der Waals surface area contributed by atoms with Crippen molar-refractivity contribution in [2.45, 2.75) is 59.0 Å². The van der Waals surface area contributed by atoms with Crippen LogP contribution in [-0.4, -0.2) is 31.0 Å². The highest BCUT2D eigenvalue weighted by atomic mass is 16.1. The standard InChI is InChI=1S/C19H32N4O/c1-6-7-8-12-21-18(20-5)22-14-15-10-9-11-16(13-15)17(24)23-19(2,3)4/h9-11,13H,6-8,12,14H2,1-5H3,(H,23,24)(H2,20,21,22). The van der Waals surface area contributed by atoms with Crippen molar-refractivity contribution >= 4 is 11.9 Å². The van der Waals surface area contributed by atoms with Crippen LogP contribution in [0.5, 0.6) is 0 Å². The van der Waals surface area contributed by atoms with E-state index in [1.54, 1.807) is 7.05 Å². The normalized spacial score (nSPS) is 12.0. The van der Waals surface area contributed by atoms with Crippen LogP contribution in [0.4, 0.5) is 0 Å². The summed E-state index contributed by atoms with van der Waals surface area (Å²) in [6, 6.07) is 7.66. The maximum Gasteiger partial charge on any atom is 0.251 e. The molecule has 0 aliphatic heterocycles. The third-order valence-electron chi connectivity index (χ3n) is 3.43. The number of guanidine groups is 1. The molecule has 0 saturated carbocycles. The summed E-state index contributed by atoms with van der Waals surface area (Å²) in [6.45, 7) is 9.67. The molecule has 0 heterocycles. The van der Waals surface area contributed by atoms with Gasteiger partial charge in [-0.25, -0.2) is 0 Å². The molecule has 1 aromatic rings. The van der Waals surface area contributed by atoms with Gasteiger partial charge in [0.15, 0.2) is 5.96 Å². The molecule has 1 aromatic carbocycles. The van der Waals surface area contributed by atoms with Gasteiger partial charge >= 0.3 is 0 Å². The number of nitrogens with one attached hydrogen (secondary N) is 3. The zero-order valence-corrected chi connectivity index (χ0v) is 15.7. The summed E-state index contributed by atoms with van der Waals surface area (Å²) >= 11 is 0. The summed E-state index contributed by atoms with van der Waals surface area (Å²) in [5.74, 6) is 0.738. The van der Waals surface area contributed by atoms with Gasteiger partial charge in [0.1, 0.15) is 0 Å². The second-order valence-electron chi connectivity index (χ2n) is 6.96. The molecule has 24 heavy (non-hydrogen) atoms. The van der Waals surface area contributed by atoms with E-state index in [0.717, 1.165) is 24.5 Å². The van der Waals surface area contributed by atoms with Crippen molar-refractivity contribution in [2.24, 2.45) is 4.99 Å². The number of hydrogen-bond acceptors (Lipinski definition) is 2. The summed E-state index contributed by atoms with van der Waals surface area (Å²) in [5.41, 5.74) is 1.48. The van der Waals surface area contributed by atoms with Crippen LogP contribution in [0.3, 0.4) is 0 Å². The number of carbonyl (C=O) groups is 1. The van der Waals surface area contributed by atoms with E-state index < -0.39 is 0 Å². The zero-order chi connectivity index (χ0) is 18.0. The van der Waals surface area contributed by atoms with E-state index in [0.29, 0.717) is 12.1 Å². The molecular formula is C19H32N4O. The molecule has 0 aromatic heterocycles. The third-order valence-corrected chi connectivity index (χ3v) is 3.43. The molecule has 0 fully saturated rings. The van der Waals surface area contributed by atoms with Gasteiger partial charge < -0.3 is 16.0 Å². The van der Waals surface area contributed by atoms with Crippen LogP contribution < -0.4 is 16.0 Å². The largest absolute Gasteiger partial charge is 0.356 e. The lowest BCUT2D eigenvalue weighted by Gasteiger charge is -2.20. The van der Waals surface area contributed by atoms with Crippen LogP contribution in [0.15, 0.2) is 29.3 Å². The molecule has 0 bridgehead atoms. The number of hydrogen-bond donors (Lipinski definition) is 3. The Kier molecular flexibility index (Phi) is 8.30. The highest BCUT2D eigenvalue weighted by Gasteiger charge is 2.15. The zero-order valence-electron chi connectivity index (χ0n) is 15.7. The van der Waals surface area contributed by atoms with E-state index in [4.69, 9.17) is 0 Å². The monoisotopic (exact) mass is 332 g/mol. The first kappa shape index (κ1) is 20.0. The predicted molar refractivity (Wildman–Crippen MR) is 101 cm³/mol. The lowest BCUT2D eigenvalue weighted by molar-refractivity contribution is 0.0919. The number of nitrogens with zero attached hydrogens (tertiary/aromatic N) is 1. The van der Waals surface area contributed by atoms with Crippen molar-refractivity contribution in [1.82, 2.24) is 16.0 Å². The summed E-state index contributed by atoms with van der Waals surface area (Å²) in [5, 5.41) is 9.57. The Balaban J connectivity index is 2.56. The first-order valence-electron chi connectivity index (χ1n) is 8.71. The molecular weight excluding hydrogens is 300 g/mol. The quantitative estimate of drug-likeness (QED) is 0.408. The molecule has 1 amide bonds. The van der Waals surface area contributed by atoms with Gasteiger partial charge in [-0.3, -0.25) is 9.79 Å². The Bertz CT molecular complexity index is 547. The van der Waals surface area contributed by atoms with Gasteiger partial charge in [-0.05, 0) is 44.9 Å². The van der Waals surface area contributed by atoms with Crippen LogP contribution in [-0.2, 0) is 6.54 Å². The molecule has 5 heteroatoms. The highest BCUT2D eigenvalue weighted by Crippen LogP contribution is 2.08. The molecule has 3 N–H and O–H groups in total. The molecule has 0 radical (unpaired) electrons. The number of carbonyl (C=O) groups excluding carboxylic acids is 1. The van der Waals surface area contributed by atoms with Gasteiger partial charge in [-0.2, -0.15) is 0 Å². The Morgan fingerprint density at radius 2 is 1.92 bits per heavy atom. The van der Waals surface area contributed by atoms with Crippen molar-refractivity contribution in [2.75, 3.05) is 13.6 Å². The minimum atomic E-state index is -0.240. The number of benzene rings is 1. The van der Waals surface area contributed by atoms with Crippen LogP contribution in [0.2, 0.25) is 0 Å². The third kappa shape index (κ3) is 7.99. The average Bonchev–Trinajstić information content (AvgIpc) is 2.53. The van der Waals surface area contributed by atoms with Gasteiger partial charge in [-0.1, -0.05) is 31.9 Å². The van der Waals surface area contributed by atoms with Gasteiger partial charge in [0.05, 0.1) is 0 Å². The number of unbranched alkanes of at least 4 members (excludes halogenated alkanes) is 2. The molecule has 5 nitrogen and oxygen atoms in total. The highest BCUT2D eigenvalue weighted by molar-refractivity contribution is 5.94. The Labute approximate surface area is 146 Å². The summed E-state index contributed by atoms with van der Waals surface area (Å²) in [6.07, 6.45) is 3.56. The van der Waals surface area contributed by atoms with E-state index in [1.165, 1.54) is 12.8 Å². The van der Waals surface area contributed by atoms with Crippen LogP contribution in [0.25, 0.3) is 0 Å². The minimum absolute atomic E-state index is 0.0496. The molecule has 1 rings (SSSR count). The molecule has 0 aliphatic rings. The Hall–Kier alpha value is -2.04. The van der Waals surface area contributed by atoms with E-state index in [1.807, 2.05) is 45.0 Å². The van der Waals surface area contributed by atoms with E-state index >= 15 is 0 Å². The van der Waals surface area contributed by atoms with Crippen LogP contribution in [0, 0.1) is 0 Å². The topological polar surface area (TPSA) is 65.5 Å². The minimum Gasteiger partial charge on any atom is -0.356 e. The van der Waals surface area contributed by atoms with Crippen LogP contribution >= 0.6 is 0 Å². The van der Waals surface area contributed by atoms with Crippen molar-refractivity contribution in [3.63, 3.8) is 0 Å². The summed E-state index contributed by atoms with van der Waals surface area (Å²) in [7, 11) is 1.77. The first-order chi connectivity index (χ1) is 11.4. The van der Waals surface area contributed by atoms with E-state index in [9.17, 15) is 4.79 Å². The Morgan fingerprint density at radius 3 is 2.54 bits per heavy atom. The van der Waals surface area contributed by atoms with Gasteiger partial charge in [-0.15, -0.1) is 0 Å². The summed E-state index contributed by atoms with van der Waals surface area (Å²) < 4.78 is 0. The number of amides is 1. The second kappa shape index (κ2) is 9.96. The molecule has 134 valence electrons. The fourth-order valence-electron chi connectivity index (χ4n) is 2.22. The van der Waals surface area contributed by atoms with Crippen molar-refractivity contribution in [3.05, 3.63) is 35.4 Å². The van der Waals surface area contributed by atoms with Crippen molar-refractivity contribution in [3.8, 4) is 0 Å². The number of rotatable bonds is 7. The molecule has 0 atom stereocenters. The van der Waals surface area contributed by atoms with E-state index in [-0.39, 0.29) is 11.4 Å².